The number of amides is 1. The van der Waals surface area contributed by atoms with Gasteiger partial charge in [0, 0.05) is 38.2 Å². The maximum Gasteiger partial charge on any atom is 0.225 e. The average Bonchev–Trinajstić information content (AvgIpc) is 3.64. The number of hydrazone groups is 1. The lowest BCUT2D eigenvalue weighted by Crippen LogP contribution is -2.49. The van der Waals surface area contributed by atoms with Gasteiger partial charge in [-0.25, -0.2) is 0 Å². The maximum atomic E-state index is 12.4. The maximum absolute atomic E-state index is 12.4. The molecule has 192 valence electrons. The number of ether oxygens (including phenoxy) is 1. The molecule has 3 aliphatic rings. The summed E-state index contributed by atoms with van der Waals surface area (Å²) >= 11 is 0. The monoisotopic (exact) mass is 490 g/mol. The van der Waals surface area contributed by atoms with Gasteiger partial charge in [-0.05, 0) is 81.6 Å². The summed E-state index contributed by atoms with van der Waals surface area (Å²) in [5.74, 6) is 1.42. The van der Waals surface area contributed by atoms with Crippen LogP contribution < -0.4 is 9.75 Å². The van der Waals surface area contributed by atoms with Crippen molar-refractivity contribution in [3.05, 3.63) is 48.5 Å². The van der Waals surface area contributed by atoms with Crippen LogP contribution in [0.2, 0.25) is 0 Å². The first kappa shape index (κ1) is 24.8. The number of benzene rings is 2. The number of aliphatic hydroxyl groups is 1. The van der Waals surface area contributed by atoms with E-state index < -0.39 is 5.60 Å². The molecule has 1 amide bonds. The zero-order valence-electron chi connectivity index (χ0n) is 21.5. The van der Waals surface area contributed by atoms with Gasteiger partial charge in [-0.3, -0.25) is 9.80 Å². The number of rotatable bonds is 9. The van der Waals surface area contributed by atoms with E-state index in [9.17, 15) is 9.90 Å². The van der Waals surface area contributed by atoms with Crippen LogP contribution in [0, 0.1) is 5.92 Å². The highest BCUT2D eigenvalue weighted by Gasteiger charge is 2.41. The molecule has 1 unspecified atom stereocenters. The Morgan fingerprint density at radius 1 is 1.06 bits per heavy atom. The van der Waals surface area contributed by atoms with Crippen molar-refractivity contribution < 1.29 is 14.6 Å². The fourth-order valence-electron chi connectivity index (χ4n) is 5.17. The van der Waals surface area contributed by atoms with Gasteiger partial charge in [0.05, 0.1) is 17.3 Å². The number of likely N-dealkylation sites (tertiary alicyclic amines) is 1. The van der Waals surface area contributed by atoms with Gasteiger partial charge in [-0.2, -0.15) is 5.10 Å². The van der Waals surface area contributed by atoms with E-state index in [1.807, 2.05) is 42.4 Å². The summed E-state index contributed by atoms with van der Waals surface area (Å²) < 4.78 is 5.80. The Labute approximate surface area is 214 Å². The molecule has 2 aromatic carbocycles. The summed E-state index contributed by atoms with van der Waals surface area (Å²) in [6.45, 7) is 2.88. The van der Waals surface area contributed by atoms with Gasteiger partial charge in [-0.1, -0.05) is 24.3 Å². The van der Waals surface area contributed by atoms with Crippen molar-refractivity contribution in [1.29, 1.82) is 0 Å². The Kier molecular flexibility index (Phi) is 7.30. The molecule has 0 bridgehead atoms. The van der Waals surface area contributed by atoms with Crippen molar-refractivity contribution in [1.82, 2.24) is 9.80 Å². The highest BCUT2D eigenvalue weighted by Crippen LogP contribution is 2.36. The molecule has 1 N–H and O–H groups in total. The lowest BCUT2D eigenvalue weighted by Gasteiger charge is -2.40. The van der Waals surface area contributed by atoms with Crippen molar-refractivity contribution in [3.8, 4) is 16.9 Å². The van der Waals surface area contributed by atoms with Crippen molar-refractivity contribution in [2.75, 3.05) is 45.3 Å². The number of hydrogen-bond donors (Lipinski definition) is 1. The molecular weight excluding hydrogens is 452 g/mol. The van der Waals surface area contributed by atoms with Crippen LogP contribution in [0.15, 0.2) is 53.6 Å². The predicted molar refractivity (Wildman–Crippen MR) is 143 cm³/mol. The number of carbonyl (C=O) groups excluding carboxylic acids is 1. The van der Waals surface area contributed by atoms with E-state index in [2.05, 4.69) is 46.4 Å². The van der Waals surface area contributed by atoms with Crippen molar-refractivity contribution in [2.24, 2.45) is 11.0 Å². The van der Waals surface area contributed by atoms with E-state index in [0.29, 0.717) is 39.0 Å². The fraction of sp³-hybridized carbons (Fsp3) is 0.517. The number of carbonyl (C=O) groups is 1. The number of likely N-dealkylation sites (N-methyl/N-ethyl adjacent to an activating group) is 1. The number of nitrogens with zero attached hydrogens (tertiary/aromatic N) is 4. The summed E-state index contributed by atoms with van der Waals surface area (Å²) in [6, 6.07) is 16.8. The molecule has 2 aromatic rings. The van der Waals surface area contributed by atoms with Gasteiger partial charge in [0.15, 0.2) is 0 Å². The molecule has 7 heteroatoms. The second-order valence-corrected chi connectivity index (χ2v) is 10.8. The first-order valence-corrected chi connectivity index (χ1v) is 13.2. The van der Waals surface area contributed by atoms with Gasteiger partial charge < -0.3 is 19.6 Å². The lowest BCUT2D eigenvalue weighted by molar-refractivity contribution is -0.137. The predicted octanol–water partition coefficient (Wildman–Crippen LogP) is 4.01. The van der Waals surface area contributed by atoms with E-state index in [-0.39, 0.29) is 17.9 Å². The second kappa shape index (κ2) is 10.6. The van der Waals surface area contributed by atoms with Crippen molar-refractivity contribution in [2.45, 2.75) is 50.2 Å². The largest absolute Gasteiger partial charge is 0.492 e. The minimum atomic E-state index is -0.743. The van der Waals surface area contributed by atoms with Gasteiger partial charge in [0.1, 0.15) is 12.4 Å². The Bertz CT molecular complexity index is 1050. The highest BCUT2D eigenvalue weighted by molar-refractivity contribution is 5.81. The summed E-state index contributed by atoms with van der Waals surface area (Å²) in [5.41, 5.74) is 2.58. The molecule has 0 spiro atoms. The third-order valence-corrected chi connectivity index (χ3v) is 7.60. The molecule has 1 atom stereocenters. The van der Waals surface area contributed by atoms with E-state index >= 15 is 0 Å². The molecule has 1 aliphatic carbocycles. The standard InChI is InChI=1S/C29H38N4O3/c1-31(2)19-20-36-27-11-7-23(8-12-27)22-5-9-25(10-6-22)33-26(13-16-30-33)21-29(35)14-17-32(18-15-29)28(34)24-3-4-24/h5-12,16,24,26,35H,3-4,13-15,17-21H2,1-2H3. The molecule has 2 aliphatic heterocycles. The van der Waals surface area contributed by atoms with Crippen LogP contribution in [0.3, 0.4) is 0 Å². The van der Waals surface area contributed by atoms with Crippen LogP contribution in [0.4, 0.5) is 5.69 Å². The van der Waals surface area contributed by atoms with Crippen LogP contribution in [-0.4, -0.2) is 79.0 Å². The Morgan fingerprint density at radius 2 is 1.69 bits per heavy atom. The van der Waals surface area contributed by atoms with Gasteiger partial charge >= 0.3 is 0 Å². The van der Waals surface area contributed by atoms with Crippen molar-refractivity contribution >= 4 is 17.8 Å². The molecule has 36 heavy (non-hydrogen) atoms. The van der Waals surface area contributed by atoms with Gasteiger partial charge in [-0.15, -0.1) is 0 Å². The normalized spacial score (nSPS) is 21.3. The van der Waals surface area contributed by atoms with Crippen LogP contribution in [0.5, 0.6) is 5.75 Å². The molecule has 1 saturated heterocycles. The zero-order chi connectivity index (χ0) is 25.1. The minimum absolute atomic E-state index is 0.130. The molecule has 0 radical (unpaired) electrons. The third-order valence-electron chi connectivity index (χ3n) is 7.60. The molecule has 2 fully saturated rings. The van der Waals surface area contributed by atoms with E-state index in [0.717, 1.165) is 48.4 Å². The second-order valence-electron chi connectivity index (χ2n) is 10.8. The van der Waals surface area contributed by atoms with E-state index in [1.54, 1.807) is 0 Å². The van der Waals surface area contributed by atoms with Crippen LogP contribution in [0.25, 0.3) is 11.1 Å². The number of piperidine rings is 1. The number of hydrogen-bond acceptors (Lipinski definition) is 6. The fourth-order valence-corrected chi connectivity index (χ4v) is 5.17. The van der Waals surface area contributed by atoms with Gasteiger partial charge in [0.25, 0.3) is 0 Å². The highest BCUT2D eigenvalue weighted by atomic mass is 16.5. The first-order chi connectivity index (χ1) is 17.4. The molecule has 0 aromatic heterocycles. The van der Waals surface area contributed by atoms with Crippen LogP contribution in [0.1, 0.15) is 38.5 Å². The van der Waals surface area contributed by atoms with Crippen LogP contribution in [-0.2, 0) is 4.79 Å². The smallest absolute Gasteiger partial charge is 0.225 e. The Morgan fingerprint density at radius 3 is 2.31 bits per heavy atom. The van der Waals surface area contributed by atoms with E-state index in [4.69, 9.17) is 4.74 Å². The summed E-state index contributed by atoms with van der Waals surface area (Å²) in [7, 11) is 4.08. The molecule has 2 heterocycles. The average molecular weight is 491 g/mol. The Hall–Kier alpha value is -2.90. The summed E-state index contributed by atoms with van der Waals surface area (Å²) in [5, 5.41) is 18.0. The lowest BCUT2D eigenvalue weighted by atomic mass is 9.84. The first-order valence-electron chi connectivity index (χ1n) is 13.2. The minimum Gasteiger partial charge on any atom is -0.492 e. The summed E-state index contributed by atoms with van der Waals surface area (Å²) in [6.07, 6.45) is 6.78. The quantitative estimate of drug-likeness (QED) is 0.575. The SMILES string of the molecule is CN(C)CCOc1ccc(-c2ccc(N3N=CCC3CC3(O)CCN(C(=O)C4CC4)CC3)cc2)cc1. The molecule has 1 saturated carbocycles. The summed E-state index contributed by atoms with van der Waals surface area (Å²) in [4.78, 5) is 16.4. The number of anilines is 1. The van der Waals surface area contributed by atoms with Crippen LogP contribution >= 0.6 is 0 Å². The van der Waals surface area contributed by atoms with Gasteiger partial charge in [0.2, 0.25) is 5.91 Å². The Balaban J connectivity index is 1.17. The third kappa shape index (κ3) is 5.90. The molecule has 5 rings (SSSR count). The van der Waals surface area contributed by atoms with E-state index in [1.165, 1.54) is 0 Å². The van der Waals surface area contributed by atoms with Crippen molar-refractivity contribution in [3.63, 3.8) is 0 Å². The zero-order valence-corrected chi connectivity index (χ0v) is 21.5. The topological polar surface area (TPSA) is 68.6 Å². The molecular formula is C29H38N4O3. The molecule has 7 nitrogen and oxygen atoms in total.